The molecule has 0 heterocycles. The Labute approximate surface area is 116 Å². The first-order valence-corrected chi connectivity index (χ1v) is 6.58. The van der Waals surface area contributed by atoms with E-state index in [1.54, 1.807) is 18.2 Å². The van der Waals surface area contributed by atoms with Crippen molar-refractivity contribution in [2.75, 3.05) is 5.32 Å². The van der Waals surface area contributed by atoms with Crippen molar-refractivity contribution in [2.24, 2.45) is 16.8 Å². The number of oxime groups is 1. The molecule has 1 aliphatic carbocycles. The second-order valence-corrected chi connectivity index (χ2v) is 5.06. The summed E-state index contributed by atoms with van der Waals surface area (Å²) in [5.74, 6) is 0.0210. The Morgan fingerprint density at radius 1 is 1.42 bits per heavy atom. The molecule has 1 aromatic carbocycles. The van der Waals surface area contributed by atoms with Gasteiger partial charge in [0, 0.05) is 11.5 Å². The molecule has 1 amide bonds. The Balaban J connectivity index is 2.16. The molecular formula is C13H16ClN3O2. The van der Waals surface area contributed by atoms with Gasteiger partial charge in [0.1, 0.15) is 0 Å². The minimum atomic E-state index is -0.0203. The van der Waals surface area contributed by atoms with Gasteiger partial charge in [-0.1, -0.05) is 29.6 Å². The number of benzene rings is 1. The molecule has 0 saturated heterocycles. The predicted molar refractivity (Wildman–Crippen MR) is 74.6 cm³/mol. The number of nitrogens with one attached hydrogen (secondary N) is 1. The van der Waals surface area contributed by atoms with Crippen molar-refractivity contribution in [1.29, 1.82) is 0 Å². The Morgan fingerprint density at radius 2 is 2.11 bits per heavy atom. The lowest BCUT2D eigenvalue weighted by Gasteiger charge is -2.12. The summed E-state index contributed by atoms with van der Waals surface area (Å²) >= 11 is 6.04. The number of carbonyl (C=O) groups is 1. The lowest BCUT2D eigenvalue weighted by atomic mass is 10.1. The average molecular weight is 282 g/mol. The molecule has 1 fully saturated rings. The van der Waals surface area contributed by atoms with Gasteiger partial charge in [-0.2, -0.15) is 0 Å². The van der Waals surface area contributed by atoms with Crippen molar-refractivity contribution in [3.8, 4) is 0 Å². The zero-order valence-corrected chi connectivity index (χ0v) is 11.2. The van der Waals surface area contributed by atoms with E-state index < -0.39 is 0 Å². The van der Waals surface area contributed by atoms with E-state index in [0.29, 0.717) is 16.3 Å². The zero-order valence-electron chi connectivity index (χ0n) is 10.4. The van der Waals surface area contributed by atoms with E-state index in [0.717, 1.165) is 25.7 Å². The highest BCUT2D eigenvalue weighted by atomic mass is 35.5. The average Bonchev–Trinajstić information content (AvgIpc) is 2.94. The van der Waals surface area contributed by atoms with E-state index >= 15 is 0 Å². The molecule has 0 bridgehead atoms. The van der Waals surface area contributed by atoms with Crippen LogP contribution in [0.4, 0.5) is 5.69 Å². The molecule has 1 saturated carbocycles. The van der Waals surface area contributed by atoms with Crippen LogP contribution in [0.15, 0.2) is 23.4 Å². The monoisotopic (exact) mass is 281 g/mol. The van der Waals surface area contributed by atoms with Gasteiger partial charge in [-0.3, -0.25) is 4.79 Å². The summed E-state index contributed by atoms with van der Waals surface area (Å²) in [6.07, 6.45) is 4.03. The van der Waals surface area contributed by atoms with Crippen LogP contribution in [0, 0.1) is 5.92 Å². The molecule has 1 aromatic rings. The van der Waals surface area contributed by atoms with Crippen LogP contribution in [-0.4, -0.2) is 17.0 Å². The maximum atomic E-state index is 12.0. The number of hydrogen-bond donors (Lipinski definition) is 3. The number of rotatable bonds is 3. The topological polar surface area (TPSA) is 87.7 Å². The van der Waals surface area contributed by atoms with E-state index in [1.807, 2.05) is 0 Å². The molecular weight excluding hydrogens is 266 g/mol. The summed E-state index contributed by atoms with van der Waals surface area (Å²) in [6, 6.07) is 4.84. The molecule has 0 aromatic heterocycles. The maximum Gasteiger partial charge on any atom is 0.227 e. The third kappa shape index (κ3) is 3.17. The molecule has 0 radical (unpaired) electrons. The minimum Gasteiger partial charge on any atom is -0.409 e. The van der Waals surface area contributed by atoms with E-state index in [2.05, 4.69) is 10.5 Å². The number of carbonyl (C=O) groups excluding carboxylic acids is 1. The number of anilines is 1. The first-order chi connectivity index (χ1) is 9.11. The number of halogens is 1. The molecule has 19 heavy (non-hydrogen) atoms. The zero-order chi connectivity index (χ0) is 13.8. The van der Waals surface area contributed by atoms with Crippen LogP contribution in [-0.2, 0) is 4.79 Å². The first kappa shape index (κ1) is 13.7. The highest BCUT2D eigenvalue weighted by Crippen LogP contribution is 2.28. The second kappa shape index (κ2) is 5.93. The summed E-state index contributed by atoms with van der Waals surface area (Å²) in [6.45, 7) is 0. The summed E-state index contributed by atoms with van der Waals surface area (Å²) in [4.78, 5) is 12.0. The standard InChI is InChI=1S/C13H16ClN3O2/c14-10-6-5-9(12(15)17-19)7-11(10)16-13(18)8-3-1-2-4-8/h5-8,19H,1-4H2,(H2,15,17)(H,16,18). The summed E-state index contributed by atoms with van der Waals surface area (Å²) in [5.41, 5.74) is 6.51. The second-order valence-electron chi connectivity index (χ2n) is 4.65. The maximum absolute atomic E-state index is 12.0. The van der Waals surface area contributed by atoms with Crippen molar-refractivity contribution in [2.45, 2.75) is 25.7 Å². The SMILES string of the molecule is NC(=NO)c1ccc(Cl)c(NC(=O)C2CCCC2)c1. The Bertz CT molecular complexity index is 511. The highest BCUT2D eigenvalue weighted by molar-refractivity contribution is 6.34. The lowest BCUT2D eigenvalue weighted by molar-refractivity contribution is -0.119. The predicted octanol–water partition coefficient (Wildman–Crippen LogP) is 2.56. The van der Waals surface area contributed by atoms with Crippen LogP contribution in [0.1, 0.15) is 31.2 Å². The molecule has 2 rings (SSSR count). The van der Waals surface area contributed by atoms with Crippen LogP contribution in [0.2, 0.25) is 5.02 Å². The smallest absolute Gasteiger partial charge is 0.227 e. The fourth-order valence-corrected chi connectivity index (χ4v) is 2.43. The van der Waals surface area contributed by atoms with Crippen LogP contribution in [0.3, 0.4) is 0 Å². The van der Waals surface area contributed by atoms with Gasteiger partial charge in [-0.25, -0.2) is 0 Å². The summed E-state index contributed by atoms with van der Waals surface area (Å²) < 4.78 is 0. The Kier molecular flexibility index (Phi) is 4.27. The van der Waals surface area contributed by atoms with Gasteiger partial charge in [0.2, 0.25) is 5.91 Å². The Morgan fingerprint density at radius 3 is 2.74 bits per heavy atom. The van der Waals surface area contributed by atoms with Gasteiger partial charge in [-0.15, -0.1) is 0 Å². The van der Waals surface area contributed by atoms with Crippen molar-refractivity contribution >= 4 is 29.0 Å². The minimum absolute atomic E-state index is 0.0175. The normalized spacial score (nSPS) is 16.6. The van der Waals surface area contributed by atoms with Gasteiger partial charge >= 0.3 is 0 Å². The van der Waals surface area contributed by atoms with Crippen molar-refractivity contribution in [3.05, 3.63) is 28.8 Å². The molecule has 5 nitrogen and oxygen atoms in total. The van der Waals surface area contributed by atoms with E-state index in [9.17, 15) is 4.79 Å². The van der Waals surface area contributed by atoms with Crippen LogP contribution in [0.5, 0.6) is 0 Å². The van der Waals surface area contributed by atoms with Gasteiger partial charge in [0.05, 0.1) is 10.7 Å². The van der Waals surface area contributed by atoms with E-state index in [4.69, 9.17) is 22.5 Å². The van der Waals surface area contributed by atoms with Crippen LogP contribution in [0.25, 0.3) is 0 Å². The summed E-state index contributed by atoms with van der Waals surface area (Å²) in [5, 5.41) is 14.8. The number of hydrogen-bond acceptors (Lipinski definition) is 3. The number of amides is 1. The number of amidine groups is 1. The van der Waals surface area contributed by atoms with Gasteiger partial charge in [-0.05, 0) is 31.0 Å². The van der Waals surface area contributed by atoms with E-state index in [-0.39, 0.29) is 17.7 Å². The molecule has 0 spiro atoms. The summed E-state index contributed by atoms with van der Waals surface area (Å²) in [7, 11) is 0. The van der Waals surface area contributed by atoms with Gasteiger partial charge in [0.15, 0.2) is 5.84 Å². The molecule has 4 N–H and O–H groups in total. The molecule has 1 aliphatic rings. The van der Waals surface area contributed by atoms with Gasteiger partial charge in [0.25, 0.3) is 0 Å². The molecule has 102 valence electrons. The fraction of sp³-hybridized carbons (Fsp3) is 0.385. The molecule has 6 heteroatoms. The van der Waals surface area contributed by atoms with E-state index in [1.165, 1.54) is 0 Å². The highest BCUT2D eigenvalue weighted by Gasteiger charge is 2.23. The first-order valence-electron chi connectivity index (χ1n) is 6.20. The van der Waals surface area contributed by atoms with Gasteiger partial charge < -0.3 is 16.3 Å². The van der Waals surface area contributed by atoms with Crippen molar-refractivity contribution in [1.82, 2.24) is 0 Å². The third-order valence-corrected chi connectivity index (χ3v) is 3.68. The lowest BCUT2D eigenvalue weighted by Crippen LogP contribution is -2.21. The largest absolute Gasteiger partial charge is 0.409 e. The fourth-order valence-electron chi connectivity index (χ4n) is 2.26. The number of nitrogens with two attached hydrogens (primary N) is 1. The molecule has 0 atom stereocenters. The quantitative estimate of drug-likeness (QED) is 0.344. The molecule has 0 unspecified atom stereocenters. The third-order valence-electron chi connectivity index (χ3n) is 3.35. The van der Waals surface area contributed by atoms with Crippen LogP contribution < -0.4 is 11.1 Å². The Hall–Kier alpha value is -1.75. The number of nitrogens with zero attached hydrogens (tertiary/aromatic N) is 1. The van der Waals surface area contributed by atoms with Crippen LogP contribution >= 0.6 is 11.6 Å². The van der Waals surface area contributed by atoms with Crippen molar-refractivity contribution < 1.29 is 10.0 Å². The van der Waals surface area contributed by atoms with Crippen molar-refractivity contribution in [3.63, 3.8) is 0 Å². The molecule has 0 aliphatic heterocycles.